The summed E-state index contributed by atoms with van der Waals surface area (Å²) >= 11 is 5.61. The van der Waals surface area contributed by atoms with E-state index >= 15 is 0 Å². The molecule has 0 aliphatic heterocycles. The average Bonchev–Trinajstić information content (AvgIpc) is 2.74. The summed E-state index contributed by atoms with van der Waals surface area (Å²) in [6.07, 6.45) is 1.41. The van der Waals surface area contributed by atoms with Gasteiger partial charge in [0.05, 0.1) is 5.02 Å². The predicted molar refractivity (Wildman–Crippen MR) is 67.2 cm³/mol. The number of aromatic carboxylic acids is 1. The Morgan fingerprint density at radius 2 is 1.95 bits per heavy atom. The molecule has 0 spiro atoms. The number of rotatable bonds is 3. The van der Waals surface area contributed by atoms with Gasteiger partial charge in [0.25, 0.3) is 0 Å². The molecule has 0 amide bonds. The van der Waals surface area contributed by atoms with Crippen molar-refractivity contribution in [3.05, 3.63) is 58.1 Å². The number of carbonyl (C=O) groups excluding carboxylic acids is 1. The van der Waals surface area contributed by atoms with E-state index in [0.29, 0.717) is 0 Å². The Hall–Kier alpha value is -2.14. The van der Waals surface area contributed by atoms with E-state index in [1.54, 1.807) is 0 Å². The van der Waals surface area contributed by atoms with Crippen LogP contribution in [0.2, 0.25) is 5.02 Å². The summed E-state index contributed by atoms with van der Waals surface area (Å²) < 4.78 is 14.3. The van der Waals surface area contributed by atoms with Gasteiger partial charge in [0.1, 0.15) is 11.5 Å². The van der Waals surface area contributed by atoms with Crippen molar-refractivity contribution in [2.45, 2.75) is 0 Å². The van der Waals surface area contributed by atoms with Crippen LogP contribution in [-0.4, -0.2) is 21.4 Å². The van der Waals surface area contributed by atoms with Gasteiger partial charge in [-0.25, -0.2) is 9.18 Å². The normalized spacial score (nSPS) is 10.5. The van der Waals surface area contributed by atoms with Gasteiger partial charge >= 0.3 is 5.97 Å². The van der Waals surface area contributed by atoms with E-state index in [2.05, 4.69) is 0 Å². The fourth-order valence-electron chi connectivity index (χ4n) is 1.71. The van der Waals surface area contributed by atoms with E-state index in [-0.39, 0.29) is 21.8 Å². The molecule has 0 aliphatic rings. The molecule has 1 aromatic heterocycles. The minimum absolute atomic E-state index is 0.00319. The molecule has 19 heavy (non-hydrogen) atoms. The van der Waals surface area contributed by atoms with Crippen molar-refractivity contribution in [1.82, 2.24) is 4.57 Å². The Morgan fingerprint density at radius 1 is 1.26 bits per heavy atom. The molecule has 0 saturated heterocycles. The van der Waals surface area contributed by atoms with Crippen LogP contribution in [0, 0.1) is 5.82 Å². The topological polar surface area (TPSA) is 59.3 Å². The van der Waals surface area contributed by atoms with E-state index in [0.717, 1.165) is 6.07 Å². The second-order valence-electron chi connectivity index (χ2n) is 3.99. The highest BCUT2D eigenvalue weighted by Gasteiger charge is 2.17. The molecule has 2 rings (SSSR count). The van der Waals surface area contributed by atoms with Crippen LogP contribution in [0.15, 0.2) is 30.5 Å². The van der Waals surface area contributed by atoms with Crippen LogP contribution in [0.1, 0.15) is 26.4 Å². The number of halogens is 2. The third-order valence-electron chi connectivity index (χ3n) is 2.67. The van der Waals surface area contributed by atoms with Gasteiger partial charge in [-0.2, -0.15) is 0 Å². The molecule has 0 radical (unpaired) electrons. The molecule has 0 bridgehead atoms. The summed E-state index contributed by atoms with van der Waals surface area (Å²) in [5.41, 5.74) is 0.410. The van der Waals surface area contributed by atoms with Crippen molar-refractivity contribution >= 4 is 23.4 Å². The van der Waals surface area contributed by atoms with E-state index in [1.807, 2.05) is 0 Å². The molecule has 0 atom stereocenters. The Labute approximate surface area is 113 Å². The van der Waals surface area contributed by atoms with Crippen LogP contribution in [0.25, 0.3) is 0 Å². The SMILES string of the molecule is Cn1cc(C(=O)c2ccc(F)c(Cl)c2)cc1C(=O)O. The number of carboxylic acid groups (broad SMARTS) is 1. The first kappa shape index (κ1) is 13.3. The Balaban J connectivity index is 2.41. The van der Waals surface area contributed by atoms with Gasteiger partial charge in [-0.3, -0.25) is 4.79 Å². The van der Waals surface area contributed by atoms with Gasteiger partial charge in [-0.05, 0) is 24.3 Å². The van der Waals surface area contributed by atoms with Gasteiger partial charge in [0.2, 0.25) is 0 Å². The maximum atomic E-state index is 13.0. The van der Waals surface area contributed by atoms with Crippen molar-refractivity contribution in [2.24, 2.45) is 7.05 Å². The number of aromatic nitrogens is 1. The van der Waals surface area contributed by atoms with Crippen LogP contribution in [-0.2, 0) is 7.05 Å². The number of aryl methyl sites for hydroxylation is 1. The molecule has 98 valence electrons. The predicted octanol–water partition coefficient (Wildman–Crippen LogP) is 2.75. The molecule has 1 aromatic carbocycles. The lowest BCUT2D eigenvalue weighted by molar-refractivity contribution is 0.0686. The minimum Gasteiger partial charge on any atom is -0.477 e. The number of carboxylic acids is 1. The maximum Gasteiger partial charge on any atom is 0.352 e. The number of ketones is 1. The van der Waals surface area contributed by atoms with Gasteiger partial charge in [-0.1, -0.05) is 11.6 Å². The van der Waals surface area contributed by atoms with Crippen LogP contribution >= 0.6 is 11.6 Å². The number of hydrogen-bond donors (Lipinski definition) is 1. The Kier molecular flexibility index (Phi) is 3.40. The standard InChI is InChI=1S/C13H9ClFNO3/c1-16-6-8(5-11(16)13(18)19)12(17)7-2-3-10(15)9(14)4-7/h2-6H,1H3,(H,18,19). The van der Waals surface area contributed by atoms with Crippen molar-refractivity contribution in [2.75, 3.05) is 0 Å². The van der Waals surface area contributed by atoms with Gasteiger partial charge in [0, 0.05) is 24.4 Å². The molecule has 0 saturated carbocycles. The zero-order valence-corrected chi connectivity index (χ0v) is 10.6. The zero-order chi connectivity index (χ0) is 14.2. The second kappa shape index (κ2) is 4.85. The zero-order valence-electron chi connectivity index (χ0n) is 9.85. The van der Waals surface area contributed by atoms with Gasteiger partial charge in [-0.15, -0.1) is 0 Å². The number of hydrogen-bond acceptors (Lipinski definition) is 2. The fraction of sp³-hybridized carbons (Fsp3) is 0.0769. The van der Waals surface area contributed by atoms with E-state index in [4.69, 9.17) is 16.7 Å². The first-order chi connectivity index (χ1) is 8.90. The molecule has 0 aliphatic carbocycles. The highest BCUT2D eigenvalue weighted by Crippen LogP contribution is 2.19. The third-order valence-corrected chi connectivity index (χ3v) is 2.96. The second-order valence-corrected chi connectivity index (χ2v) is 4.40. The Morgan fingerprint density at radius 3 is 2.47 bits per heavy atom. The lowest BCUT2D eigenvalue weighted by Gasteiger charge is -2.00. The molecule has 1 N–H and O–H groups in total. The van der Waals surface area contributed by atoms with Crippen LogP contribution in [0.5, 0.6) is 0 Å². The summed E-state index contributed by atoms with van der Waals surface area (Å²) in [7, 11) is 1.53. The smallest absolute Gasteiger partial charge is 0.352 e. The molecule has 0 fully saturated rings. The minimum atomic E-state index is -1.13. The van der Waals surface area contributed by atoms with Gasteiger partial charge in [0.15, 0.2) is 5.78 Å². The largest absolute Gasteiger partial charge is 0.477 e. The molecule has 6 heteroatoms. The van der Waals surface area contributed by atoms with E-state index < -0.39 is 17.6 Å². The van der Waals surface area contributed by atoms with Gasteiger partial charge < -0.3 is 9.67 Å². The van der Waals surface area contributed by atoms with Crippen molar-refractivity contribution in [1.29, 1.82) is 0 Å². The lowest BCUT2D eigenvalue weighted by atomic mass is 10.1. The van der Waals surface area contributed by atoms with Crippen molar-refractivity contribution in [3.63, 3.8) is 0 Å². The van der Waals surface area contributed by atoms with E-state index in [1.165, 1.54) is 36.0 Å². The summed E-state index contributed by atoms with van der Waals surface area (Å²) in [6, 6.07) is 4.88. The number of benzene rings is 1. The molecular weight excluding hydrogens is 273 g/mol. The maximum absolute atomic E-state index is 13.0. The molecule has 2 aromatic rings. The average molecular weight is 282 g/mol. The van der Waals surface area contributed by atoms with Crippen molar-refractivity contribution < 1.29 is 19.1 Å². The third kappa shape index (κ3) is 2.51. The van der Waals surface area contributed by atoms with Crippen molar-refractivity contribution in [3.8, 4) is 0 Å². The Bertz CT molecular complexity index is 679. The highest BCUT2D eigenvalue weighted by molar-refractivity contribution is 6.31. The summed E-state index contributed by atoms with van der Waals surface area (Å²) in [6.45, 7) is 0. The highest BCUT2D eigenvalue weighted by atomic mass is 35.5. The first-order valence-corrected chi connectivity index (χ1v) is 5.67. The monoisotopic (exact) mass is 281 g/mol. The molecular formula is C13H9ClFNO3. The lowest BCUT2D eigenvalue weighted by Crippen LogP contribution is -2.02. The molecule has 1 heterocycles. The quantitative estimate of drug-likeness (QED) is 0.880. The first-order valence-electron chi connectivity index (χ1n) is 5.29. The summed E-state index contributed by atoms with van der Waals surface area (Å²) in [5.74, 6) is -2.15. The summed E-state index contributed by atoms with van der Waals surface area (Å²) in [5, 5.41) is 8.76. The van der Waals surface area contributed by atoms with E-state index in [9.17, 15) is 14.0 Å². The molecule has 0 unspecified atom stereocenters. The van der Waals surface area contributed by atoms with Crippen LogP contribution in [0.3, 0.4) is 0 Å². The fourth-order valence-corrected chi connectivity index (χ4v) is 1.89. The van der Waals surface area contributed by atoms with Crippen LogP contribution in [0.4, 0.5) is 4.39 Å². The summed E-state index contributed by atoms with van der Waals surface area (Å²) in [4.78, 5) is 23.0. The number of nitrogens with zero attached hydrogens (tertiary/aromatic N) is 1. The molecule has 4 nitrogen and oxygen atoms in total. The number of carbonyl (C=O) groups is 2. The van der Waals surface area contributed by atoms with Crippen LogP contribution < -0.4 is 0 Å².